The number of aliphatic hydroxyl groups excluding tert-OH is 1. The Balaban J connectivity index is 1.28. The molecule has 3 aromatic rings. The Morgan fingerprint density at radius 2 is 2.00 bits per heavy atom. The molecular weight excluding hydrogens is 451 g/mol. The fourth-order valence-corrected chi connectivity index (χ4v) is 5.68. The van der Waals surface area contributed by atoms with Crippen molar-refractivity contribution in [1.82, 2.24) is 29.7 Å². The van der Waals surface area contributed by atoms with Gasteiger partial charge >= 0.3 is 0 Å². The lowest BCUT2D eigenvalue weighted by atomic mass is 9.88. The molecule has 1 aromatic carbocycles. The lowest BCUT2D eigenvalue weighted by Crippen LogP contribution is -2.53. The van der Waals surface area contributed by atoms with Crippen LogP contribution >= 0.6 is 0 Å². The van der Waals surface area contributed by atoms with Gasteiger partial charge in [-0.1, -0.05) is 32.9 Å². The molecule has 188 valence electrons. The lowest BCUT2D eigenvalue weighted by Gasteiger charge is -2.44. The largest absolute Gasteiger partial charge is 0.387 e. The molecule has 0 bridgehead atoms. The molecule has 2 aromatic heterocycles. The average Bonchev–Trinajstić information content (AvgIpc) is 3.50. The third kappa shape index (κ3) is 4.45. The molecule has 5 rings (SSSR count). The van der Waals surface area contributed by atoms with Gasteiger partial charge in [-0.05, 0) is 55.4 Å². The molecule has 10 heteroatoms. The fourth-order valence-electron chi connectivity index (χ4n) is 5.68. The van der Waals surface area contributed by atoms with E-state index in [9.17, 15) is 9.18 Å². The van der Waals surface area contributed by atoms with Gasteiger partial charge in [0.05, 0.1) is 5.69 Å². The van der Waals surface area contributed by atoms with Gasteiger partial charge in [-0.25, -0.2) is 4.39 Å². The summed E-state index contributed by atoms with van der Waals surface area (Å²) in [5.74, 6) is 0.918. The highest BCUT2D eigenvalue weighted by molar-refractivity contribution is 5.84. The molecule has 9 nitrogen and oxygen atoms in total. The molecule has 1 N–H and O–H groups in total. The summed E-state index contributed by atoms with van der Waals surface area (Å²) >= 11 is 0. The van der Waals surface area contributed by atoms with E-state index in [1.807, 2.05) is 19.9 Å². The van der Waals surface area contributed by atoms with Crippen molar-refractivity contribution in [3.63, 3.8) is 0 Å². The maximum Gasteiger partial charge on any atom is 0.291 e. The maximum atomic E-state index is 14.7. The van der Waals surface area contributed by atoms with Gasteiger partial charge in [0, 0.05) is 30.4 Å². The molecule has 2 aliphatic rings. The molecule has 2 aliphatic heterocycles. The zero-order valence-electron chi connectivity index (χ0n) is 20.5. The van der Waals surface area contributed by atoms with Gasteiger partial charge in [0.25, 0.3) is 5.95 Å². The second kappa shape index (κ2) is 9.66. The van der Waals surface area contributed by atoms with Crippen molar-refractivity contribution in [3.05, 3.63) is 35.6 Å². The number of fused-ring (bicyclic) bond motifs is 1. The third-order valence-electron chi connectivity index (χ3n) is 7.55. The Hall–Kier alpha value is -2.85. The Kier molecular flexibility index (Phi) is 6.59. The Bertz CT molecular complexity index is 1200. The van der Waals surface area contributed by atoms with Crippen LogP contribution in [-0.4, -0.2) is 79.6 Å². The molecule has 0 aliphatic carbocycles. The molecule has 0 spiro atoms. The first-order valence-electron chi connectivity index (χ1n) is 12.5. The molecule has 2 atom stereocenters. The van der Waals surface area contributed by atoms with E-state index < -0.39 is 6.61 Å². The summed E-state index contributed by atoms with van der Waals surface area (Å²) in [5.41, 5.74) is 1.18. The van der Waals surface area contributed by atoms with Crippen molar-refractivity contribution in [2.45, 2.75) is 57.9 Å². The molecule has 2 saturated heterocycles. The van der Waals surface area contributed by atoms with Gasteiger partial charge in [-0.3, -0.25) is 9.69 Å². The van der Waals surface area contributed by atoms with E-state index in [1.165, 1.54) is 10.7 Å². The zero-order valence-corrected chi connectivity index (χ0v) is 20.5. The smallest absolute Gasteiger partial charge is 0.291 e. The number of benzene rings is 1. The predicted octanol–water partition coefficient (Wildman–Crippen LogP) is 3.08. The van der Waals surface area contributed by atoms with Gasteiger partial charge < -0.3 is 14.5 Å². The molecule has 35 heavy (non-hydrogen) atoms. The van der Waals surface area contributed by atoms with Gasteiger partial charge in [0.2, 0.25) is 11.8 Å². The van der Waals surface area contributed by atoms with E-state index >= 15 is 0 Å². The van der Waals surface area contributed by atoms with E-state index in [-0.39, 0.29) is 29.5 Å². The Labute approximate surface area is 203 Å². The molecule has 0 saturated carbocycles. The summed E-state index contributed by atoms with van der Waals surface area (Å²) in [7, 11) is 0. The SMILES string of the molecule is CC(C)c1nn(-c2noc(C3CCN(C4CCN(C(=O)CO)CC4C)CC3)n2)c2c(F)cccc12. The maximum absolute atomic E-state index is 14.7. The summed E-state index contributed by atoms with van der Waals surface area (Å²) < 4.78 is 21.8. The number of hydrogen-bond acceptors (Lipinski definition) is 7. The topological polar surface area (TPSA) is 101 Å². The minimum absolute atomic E-state index is 0.132. The number of likely N-dealkylation sites (tertiary alicyclic amines) is 2. The molecular formula is C25H33FN6O3. The minimum atomic E-state index is -0.422. The highest BCUT2D eigenvalue weighted by Crippen LogP contribution is 2.33. The summed E-state index contributed by atoms with van der Waals surface area (Å²) in [6, 6.07) is 5.41. The molecule has 4 heterocycles. The molecule has 1 amide bonds. The van der Waals surface area contributed by atoms with Crippen molar-refractivity contribution in [3.8, 4) is 5.95 Å². The summed E-state index contributed by atoms with van der Waals surface area (Å²) in [6.45, 7) is 9.02. The number of carbonyl (C=O) groups excluding carboxylic acids is 1. The average molecular weight is 485 g/mol. The number of amides is 1. The number of halogens is 1. The fraction of sp³-hybridized carbons (Fsp3) is 0.600. The number of nitrogens with zero attached hydrogens (tertiary/aromatic N) is 6. The third-order valence-corrected chi connectivity index (χ3v) is 7.55. The molecule has 0 radical (unpaired) electrons. The van der Waals surface area contributed by atoms with E-state index in [4.69, 9.17) is 9.63 Å². The van der Waals surface area contributed by atoms with Crippen molar-refractivity contribution >= 4 is 16.8 Å². The Morgan fingerprint density at radius 1 is 1.23 bits per heavy atom. The van der Waals surface area contributed by atoms with Crippen LogP contribution in [0.25, 0.3) is 16.9 Å². The monoisotopic (exact) mass is 484 g/mol. The number of carbonyl (C=O) groups is 1. The van der Waals surface area contributed by atoms with Crippen LogP contribution in [0, 0.1) is 11.7 Å². The quantitative estimate of drug-likeness (QED) is 0.594. The molecule has 2 unspecified atom stereocenters. The normalized spacial score (nSPS) is 22.4. The lowest BCUT2D eigenvalue weighted by molar-refractivity contribution is -0.137. The highest BCUT2D eigenvalue weighted by atomic mass is 19.1. The number of aliphatic hydroxyl groups is 1. The van der Waals surface area contributed by atoms with Gasteiger partial charge in [0.15, 0.2) is 0 Å². The van der Waals surface area contributed by atoms with Crippen molar-refractivity contribution < 1.29 is 18.8 Å². The minimum Gasteiger partial charge on any atom is -0.387 e. The van der Waals surface area contributed by atoms with E-state index in [0.29, 0.717) is 36.5 Å². The predicted molar refractivity (Wildman–Crippen MR) is 128 cm³/mol. The van der Waals surface area contributed by atoms with Gasteiger partial charge in [-0.15, -0.1) is 0 Å². The number of aromatic nitrogens is 4. The zero-order chi connectivity index (χ0) is 24.7. The summed E-state index contributed by atoms with van der Waals surface area (Å²) in [4.78, 5) is 20.7. The first-order valence-corrected chi connectivity index (χ1v) is 12.5. The first kappa shape index (κ1) is 23.9. The highest BCUT2D eigenvalue weighted by Gasteiger charge is 2.35. The van der Waals surface area contributed by atoms with Gasteiger partial charge in [-0.2, -0.15) is 14.8 Å². The standard InChI is InChI=1S/C25H33FN6O3/c1-15(2)22-18-5-4-6-19(26)23(18)32(28-22)25-27-24(35-29-25)17-7-10-30(11-8-17)20-9-12-31(13-16(20)3)21(34)14-33/h4-6,15-17,20,33H,7-14H2,1-3H3. The van der Waals surface area contributed by atoms with Crippen molar-refractivity contribution in [2.24, 2.45) is 5.92 Å². The Morgan fingerprint density at radius 3 is 2.69 bits per heavy atom. The van der Waals surface area contributed by atoms with Crippen LogP contribution in [0.2, 0.25) is 0 Å². The van der Waals surface area contributed by atoms with Crippen LogP contribution in [-0.2, 0) is 4.79 Å². The van der Waals surface area contributed by atoms with Crippen LogP contribution in [0.5, 0.6) is 0 Å². The van der Waals surface area contributed by atoms with Crippen molar-refractivity contribution in [2.75, 3.05) is 32.8 Å². The van der Waals surface area contributed by atoms with Gasteiger partial charge in [0.1, 0.15) is 17.9 Å². The first-order chi connectivity index (χ1) is 16.9. The van der Waals surface area contributed by atoms with Crippen LogP contribution in [0.3, 0.4) is 0 Å². The van der Waals surface area contributed by atoms with E-state index in [1.54, 1.807) is 11.0 Å². The van der Waals surface area contributed by atoms with Crippen LogP contribution in [0.1, 0.15) is 63.5 Å². The molecule has 2 fully saturated rings. The van der Waals surface area contributed by atoms with Crippen LogP contribution in [0.4, 0.5) is 4.39 Å². The van der Waals surface area contributed by atoms with Crippen molar-refractivity contribution in [1.29, 1.82) is 0 Å². The van der Waals surface area contributed by atoms with E-state index in [2.05, 4.69) is 27.1 Å². The number of hydrogen-bond donors (Lipinski definition) is 1. The summed E-state index contributed by atoms with van der Waals surface area (Å²) in [6.07, 6.45) is 2.71. The second-order valence-electron chi connectivity index (χ2n) is 10.2. The van der Waals surface area contributed by atoms with Crippen LogP contribution < -0.4 is 0 Å². The van der Waals surface area contributed by atoms with Crippen LogP contribution in [0.15, 0.2) is 22.7 Å². The van der Waals surface area contributed by atoms with E-state index in [0.717, 1.165) is 43.4 Å². The number of para-hydroxylation sites is 1. The number of rotatable bonds is 5. The number of piperidine rings is 2. The second-order valence-corrected chi connectivity index (χ2v) is 10.2. The summed E-state index contributed by atoms with van der Waals surface area (Å²) in [5, 5.41) is 18.7.